The van der Waals surface area contributed by atoms with E-state index in [0.717, 1.165) is 36.1 Å². The Balaban J connectivity index is 2.18. The van der Waals surface area contributed by atoms with E-state index in [-0.39, 0.29) is 30.2 Å². The number of methoxy groups -OCH3 is 1. The predicted octanol–water partition coefficient (Wildman–Crippen LogP) is 2.36. The number of hydrogen-bond donors (Lipinski definition) is 1. The topological polar surface area (TPSA) is 72.6 Å². The standard InChI is InChI=1S/C18H26N2O3/c1-12-10-15(23-3)7-8-16(12)13(2)18(22)20-9-5-4-6-14(20)11-17(19)21/h7-8,10,13-14H,4-6,9,11H2,1-3H3,(H2,19,21). The number of ether oxygens (including phenoxy) is 1. The van der Waals surface area contributed by atoms with Crippen LogP contribution in [0.5, 0.6) is 5.75 Å². The third-order valence-electron chi connectivity index (χ3n) is 4.66. The van der Waals surface area contributed by atoms with Crippen molar-refractivity contribution in [2.45, 2.75) is 51.5 Å². The first-order chi connectivity index (χ1) is 10.9. The summed E-state index contributed by atoms with van der Waals surface area (Å²) < 4.78 is 5.22. The van der Waals surface area contributed by atoms with Gasteiger partial charge in [-0.15, -0.1) is 0 Å². The average molecular weight is 318 g/mol. The molecule has 0 radical (unpaired) electrons. The molecule has 0 saturated carbocycles. The number of likely N-dealkylation sites (tertiary alicyclic amines) is 1. The number of piperidine rings is 1. The number of rotatable bonds is 5. The lowest BCUT2D eigenvalue weighted by molar-refractivity contribution is -0.137. The van der Waals surface area contributed by atoms with Crippen LogP contribution >= 0.6 is 0 Å². The highest BCUT2D eigenvalue weighted by molar-refractivity contribution is 5.85. The summed E-state index contributed by atoms with van der Waals surface area (Å²) in [5.74, 6) is 0.275. The summed E-state index contributed by atoms with van der Waals surface area (Å²) in [5, 5.41) is 0. The Hall–Kier alpha value is -2.04. The van der Waals surface area contributed by atoms with Crippen LogP contribution in [0.25, 0.3) is 0 Å². The van der Waals surface area contributed by atoms with Crippen LogP contribution in [0.3, 0.4) is 0 Å². The molecule has 2 atom stereocenters. The maximum Gasteiger partial charge on any atom is 0.230 e. The van der Waals surface area contributed by atoms with Crippen molar-refractivity contribution in [2.24, 2.45) is 5.73 Å². The Morgan fingerprint density at radius 3 is 2.74 bits per heavy atom. The Bertz CT molecular complexity index is 586. The lowest BCUT2D eigenvalue weighted by Gasteiger charge is -2.37. The van der Waals surface area contributed by atoms with Crippen LogP contribution in [-0.2, 0) is 9.59 Å². The quantitative estimate of drug-likeness (QED) is 0.906. The first-order valence-electron chi connectivity index (χ1n) is 8.17. The lowest BCUT2D eigenvalue weighted by Crippen LogP contribution is -2.47. The number of carbonyl (C=O) groups excluding carboxylic acids is 2. The van der Waals surface area contributed by atoms with Gasteiger partial charge in [0.05, 0.1) is 13.0 Å². The molecular weight excluding hydrogens is 292 g/mol. The van der Waals surface area contributed by atoms with Gasteiger partial charge in [0, 0.05) is 19.0 Å². The van der Waals surface area contributed by atoms with E-state index < -0.39 is 0 Å². The van der Waals surface area contributed by atoms with Crippen LogP contribution in [0.2, 0.25) is 0 Å². The third-order valence-corrected chi connectivity index (χ3v) is 4.66. The molecule has 1 aliphatic heterocycles. The summed E-state index contributed by atoms with van der Waals surface area (Å²) in [6.07, 6.45) is 3.12. The minimum absolute atomic E-state index is 0.0604. The van der Waals surface area contributed by atoms with Crippen molar-refractivity contribution in [3.8, 4) is 5.75 Å². The molecule has 126 valence electrons. The molecule has 2 N–H and O–H groups in total. The Morgan fingerprint density at radius 1 is 1.39 bits per heavy atom. The van der Waals surface area contributed by atoms with E-state index in [1.807, 2.05) is 36.9 Å². The van der Waals surface area contributed by atoms with Gasteiger partial charge in [-0.3, -0.25) is 9.59 Å². The van der Waals surface area contributed by atoms with Gasteiger partial charge in [0.15, 0.2) is 0 Å². The molecule has 2 unspecified atom stereocenters. The van der Waals surface area contributed by atoms with Gasteiger partial charge in [-0.25, -0.2) is 0 Å². The number of carbonyl (C=O) groups is 2. The minimum Gasteiger partial charge on any atom is -0.497 e. The molecule has 5 nitrogen and oxygen atoms in total. The van der Waals surface area contributed by atoms with Gasteiger partial charge in [-0.2, -0.15) is 0 Å². The zero-order valence-electron chi connectivity index (χ0n) is 14.2. The minimum atomic E-state index is -0.344. The van der Waals surface area contributed by atoms with E-state index in [4.69, 9.17) is 10.5 Å². The van der Waals surface area contributed by atoms with Crippen molar-refractivity contribution in [3.05, 3.63) is 29.3 Å². The van der Waals surface area contributed by atoms with Gasteiger partial charge < -0.3 is 15.4 Å². The van der Waals surface area contributed by atoms with Crippen molar-refractivity contribution in [3.63, 3.8) is 0 Å². The number of nitrogens with zero attached hydrogens (tertiary/aromatic N) is 1. The van der Waals surface area contributed by atoms with Crippen LogP contribution in [0.4, 0.5) is 0 Å². The van der Waals surface area contributed by atoms with E-state index in [1.54, 1.807) is 7.11 Å². The Morgan fingerprint density at radius 2 is 2.13 bits per heavy atom. The zero-order valence-corrected chi connectivity index (χ0v) is 14.2. The Kier molecular flexibility index (Phi) is 5.64. The molecule has 1 aromatic carbocycles. The van der Waals surface area contributed by atoms with E-state index >= 15 is 0 Å². The highest BCUT2D eigenvalue weighted by Gasteiger charge is 2.31. The van der Waals surface area contributed by atoms with Gasteiger partial charge in [0.25, 0.3) is 0 Å². The number of amides is 2. The molecule has 0 bridgehead atoms. The summed E-state index contributed by atoms with van der Waals surface area (Å²) in [5.41, 5.74) is 7.37. The molecule has 2 rings (SSSR count). The summed E-state index contributed by atoms with van der Waals surface area (Å²) in [6.45, 7) is 4.61. The number of nitrogens with two attached hydrogens (primary N) is 1. The molecule has 1 fully saturated rings. The second-order valence-corrected chi connectivity index (χ2v) is 6.30. The molecule has 5 heteroatoms. The second kappa shape index (κ2) is 7.49. The summed E-state index contributed by atoms with van der Waals surface area (Å²) in [7, 11) is 1.63. The molecule has 1 aliphatic rings. The fourth-order valence-electron chi connectivity index (χ4n) is 3.38. The third kappa shape index (κ3) is 4.03. The molecule has 0 aromatic heterocycles. The van der Waals surface area contributed by atoms with Crippen molar-refractivity contribution in [2.75, 3.05) is 13.7 Å². The molecule has 2 amide bonds. The van der Waals surface area contributed by atoms with E-state index in [1.165, 1.54) is 0 Å². The number of benzene rings is 1. The van der Waals surface area contributed by atoms with E-state index in [2.05, 4.69) is 0 Å². The van der Waals surface area contributed by atoms with Gasteiger partial charge in [-0.05, 0) is 56.4 Å². The van der Waals surface area contributed by atoms with Crippen molar-refractivity contribution in [1.82, 2.24) is 4.90 Å². The summed E-state index contributed by atoms with van der Waals surface area (Å²) in [4.78, 5) is 26.1. The molecule has 1 heterocycles. The monoisotopic (exact) mass is 318 g/mol. The number of aryl methyl sites for hydroxylation is 1. The predicted molar refractivity (Wildman–Crippen MR) is 89.3 cm³/mol. The van der Waals surface area contributed by atoms with Crippen LogP contribution in [0, 0.1) is 6.92 Å². The first-order valence-corrected chi connectivity index (χ1v) is 8.17. The zero-order chi connectivity index (χ0) is 17.0. The summed E-state index contributed by atoms with van der Waals surface area (Å²) >= 11 is 0. The molecule has 1 aromatic rings. The van der Waals surface area contributed by atoms with Crippen LogP contribution < -0.4 is 10.5 Å². The highest BCUT2D eigenvalue weighted by atomic mass is 16.5. The maximum atomic E-state index is 12.9. The van der Waals surface area contributed by atoms with Crippen molar-refractivity contribution in [1.29, 1.82) is 0 Å². The van der Waals surface area contributed by atoms with Crippen LogP contribution in [0.15, 0.2) is 18.2 Å². The molecular formula is C18H26N2O3. The highest BCUT2D eigenvalue weighted by Crippen LogP contribution is 2.28. The SMILES string of the molecule is COc1ccc(C(C)C(=O)N2CCCCC2CC(N)=O)c(C)c1. The largest absolute Gasteiger partial charge is 0.497 e. The second-order valence-electron chi connectivity index (χ2n) is 6.30. The fourth-order valence-corrected chi connectivity index (χ4v) is 3.38. The normalized spacial score (nSPS) is 19.3. The number of primary amides is 1. The van der Waals surface area contributed by atoms with Crippen LogP contribution in [-0.4, -0.2) is 36.4 Å². The number of hydrogen-bond acceptors (Lipinski definition) is 3. The lowest BCUT2D eigenvalue weighted by atomic mass is 9.92. The summed E-state index contributed by atoms with van der Waals surface area (Å²) in [6, 6.07) is 5.71. The van der Waals surface area contributed by atoms with Gasteiger partial charge in [0.2, 0.25) is 11.8 Å². The smallest absolute Gasteiger partial charge is 0.230 e. The van der Waals surface area contributed by atoms with Gasteiger partial charge >= 0.3 is 0 Å². The fraction of sp³-hybridized carbons (Fsp3) is 0.556. The molecule has 0 spiro atoms. The molecule has 1 saturated heterocycles. The van der Waals surface area contributed by atoms with Crippen LogP contribution in [0.1, 0.15) is 49.7 Å². The Labute approximate surface area is 137 Å². The van der Waals surface area contributed by atoms with E-state index in [9.17, 15) is 9.59 Å². The van der Waals surface area contributed by atoms with Gasteiger partial charge in [0.1, 0.15) is 5.75 Å². The molecule has 0 aliphatic carbocycles. The first kappa shape index (κ1) is 17.3. The maximum absolute atomic E-state index is 12.9. The molecule has 23 heavy (non-hydrogen) atoms. The van der Waals surface area contributed by atoms with Gasteiger partial charge in [-0.1, -0.05) is 6.07 Å². The average Bonchev–Trinajstić information content (AvgIpc) is 2.53. The van der Waals surface area contributed by atoms with E-state index in [0.29, 0.717) is 6.54 Å². The van der Waals surface area contributed by atoms with Crippen molar-refractivity contribution >= 4 is 11.8 Å². The van der Waals surface area contributed by atoms with Crippen molar-refractivity contribution < 1.29 is 14.3 Å².